The van der Waals surface area contributed by atoms with E-state index in [0.717, 1.165) is 11.1 Å². The van der Waals surface area contributed by atoms with Crippen LogP contribution in [0, 0.1) is 13.8 Å². The predicted octanol–water partition coefficient (Wildman–Crippen LogP) is 2.49. The Bertz CT molecular complexity index is 882. The molecule has 0 aliphatic carbocycles. The van der Waals surface area contributed by atoms with Gasteiger partial charge in [-0.05, 0) is 37.5 Å². The number of hydrogen-bond donors (Lipinski definition) is 2. The number of carbonyl (C=O) groups is 3. The standard InChI is InChI=1S/C19H20N2O4/c1-10-16(12(3)22)11(2)20-17(10)18(23)21-9-14-7-5-4-6-13(14)8-15(21)19(24)25/h4-7,15,20H,8-9H2,1-3H3,(H,24,25). The zero-order valence-corrected chi connectivity index (χ0v) is 14.4. The maximum absolute atomic E-state index is 13.1. The minimum absolute atomic E-state index is 0.121. The second kappa shape index (κ2) is 6.20. The number of carboxylic acid groups (broad SMARTS) is 1. The topological polar surface area (TPSA) is 90.5 Å². The maximum Gasteiger partial charge on any atom is 0.326 e. The van der Waals surface area contributed by atoms with Crippen LogP contribution in [-0.2, 0) is 17.8 Å². The van der Waals surface area contributed by atoms with E-state index in [1.54, 1.807) is 13.8 Å². The molecule has 2 aromatic rings. The van der Waals surface area contributed by atoms with Crippen LogP contribution in [-0.4, -0.2) is 38.7 Å². The fourth-order valence-electron chi connectivity index (χ4n) is 3.59. The van der Waals surface area contributed by atoms with Crippen molar-refractivity contribution in [2.24, 2.45) is 0 Å². The van der Waals surface area contributed by atoms with E-state index in [2.05, 4.69) is 4.98 Å². The molecule has 1 amide bonds. The molecule has 1 aromatic carbocycles. The number of hydrogen-bond acceptors (Lipinski definition) is 3. The molecule has 2 heterocycles. The van der Waals surface area contributed by atoms with E-state index in [0.29, 0.717) is 16.8 Å². The van der Waals surface area contributed by atoms with Crippen LogP contribution in [0.4, 0.5) is 0 Å². The van der Waals surface area contributed by atoms with Crippen LogP contribution in [0.2, 0.25) is 0 Å². The molecule has 0 fully saturated rings. The first-order valence-corrected chi connectivity index (χ1v) is 8.12. The summed E-state index contributed by atoms with van der Waals surface area (Å²) in [7, 11) is 0. The third-order valence-corrected chi connectivity index (χ3v) is 4.80. The van der Waals surface area contributed by atoms with Crippen LogP contribution in [0.15, 0.2) is 24.3 Å². The number of nitrogens with zero attached hydrogens (tertiary/aromatic N) is 1. The summed E-state index contributed by atoms with van der Waals surface area (Å²) in [5.74, 6) is -1.55. The van der Waals surface area contributed by atoms with Crippen LogP contribution in [0.3, 0.4) is 0 Å². The minimum atomic E-state index is -1.03. The van der Waals surface area contributed by atoms with Crippen molar-refractivity contribution >= 4 is 17.7 Å². The van der Waals surface area contributed by atoms with Gasteiger partial charge in [-0.3, -0.25) is 9.59 Å². The normalized spacial score (nSPS) is 16.4. The van der Waals surface area contributed by atoms with Crippen molar-refractivity contribution in [2.75, 3.05) is 0 Å². The Kier molecular flexibility index (Phi) is 4.20. The second-order valence-electron chi connectivity index (χ2n) is 6.44. The summed E-state index contributed by atoms with van der Waals surface area (Å²) >= 11 is 0. The van der Waals surface area contributed by atoms with Gasteiger partial charge in [0.25, 0.3) is 5.91 Å². The van der Waals surface area contributed by atoms with Gasteiger partial charge in [0, 0.05) is 24.2 Å². The molecule has 3 rings (SSSR count). The highest BCUT2D eigenvalue weighted by Crippen LogP contribution is 2.27. The largest absolute Gasteiger partial charge is 0.480 e. The Hall–Kier alpha value is -2.89. The third-order valence-electron chi connectivity index (χ3n) is 4.80. The Morgan fingerprint density at radius 1 is 1.16 bits per heavy atom. The molecular formula is C19H20N2O4. The van der Waals surface area contributed by atoms with Gasteiger partial charge in [-0.25, -0.2) is 4.79 Å². The molecule has 0 spiro atoms. The fourth-order valence-corrected chi connectivity index (χ4v) is 3.59. The number of benzene rings is 1. The number of fused-ring (bicyclic) bond motifs is 1. The van der Waals surface area contributed by atoms with Gasteiger partial charge >= 0.3 is 5.97 Å². The van der Waals surface area contributed by atoms with Gasteiger partial charge in [-0.2, -0.15) is 0 Å². The number of carboxylic acids is 1. The smallest absolute Gasteiger partial charge is 0.326 e. The Labute approximate surface area is 145 Å². The monoisotopic (exact) mass is 340 g/mol. The molecule has 1 aliphatic rings. The van der Waals surface area contributed by atoms with Crippen molar-refractivity contribution in [2.45, 2.75) is 39.8 Å². The number of aromatic amines is 1. The average Bonchev–Trinajstić information content (AvgIpc) is 2.87. The quantitative estimate of drug-likeness (QED) is 0.840. The van der Waals surface area contributed by atoms with Crippen LogP contribution < -0.4 is 0 Å². The third kappa shape index (κ3) is 2.84. The van der Waals surface area contributed by atoms with Gasteiger partial charge in [-0.1, -0.05) is 24.3 Å². The molecule has 1 atom stereocenters. The minimum Gasteiger partial charge on any atom is -0.480 e. The number of amides is 1. The van der Waals surface area contributed by atoms with Gasteiger partial charge in [0.2, 0.25) is 0 Å². The zero-order chi connectivity index (χ0) is 18.3. The predicted molar refractivity (Wildman–Crippen MR) is 91.7 cm³/mol. The summed E-state index contributed by atoms with van der Waals surface area (Å²) in [6.07, 6.45) is 0.273. The molecule has 0 saturated carbocycles. The van der Waals surface area contributed by atoms with Crippen molar-refractivity contribution in [3.8, 4) is 0 Å². The van der Waals surface area contributed by atoms with E-state index in [9.17, 15) is 19.5 Å². The number of H-pyrrole nitrogens is 1. The number of aliphatic carboxylic acids is 1. The summed E-state index contributed by atoms with van der Waals surface area (Å²) in [5.41, 5.74) is 3.86. The lowest BCUT2D eigenvalue weighted by atomic mass is 9.93. The number of ketones is 1. The SMILES string of the molecule is CC(=O)c1c(C)[nH]c(C(=O)N2Cc3ccccc3CC2C(=O)O)c1C. The Morgan fingerprint density at radius 3 is 2.36 bits per heavy atom. The lowest BCUT2D eigenvalue weighted by molar-refractivity contribution is -0.142. The molecule has 1 aliphatic heterocycles. The molecule has 6 heteroatoms. The first-order valence-electron chi connectivity index (χ1n) is 8.12. The second-order valence-corrected chi connectivity index (χ2v) is 6.44. The Balaban J connectivity index is 2.02. The van der Waals surface area contributed by atoms with E-state index < -0.39 is 17.9 Å². The van der Waals surface area contributed by atoms with E-state index >= 15 is 0 Å². The van der Waals surface area contributed by atoms with Crippen LogP contribution in [0.1, 0.15) is 50.2 Å². The van der Waals surface area contributed by atoms with Gasteiger partial charge < -0.3 is 15.0 Å². The molecule has 1 aromatic heterocycles. The molecule has 6 nitrogen and oxygen atoms in total. The molecule has 130 valence electrons. The molecule has 2 N–H and O–H groups in total. The molecule has 25 heavy (non-hydrogen) atoms. The highest BCUT2D eigenvalue weighted by molar-refractivity contribution is 6.03. The van der Waals surface area contributed by atoms with E-state index in [1.165, 1.54) is 11.8 Å². The highest BCUT2D eigenvalue weighted by atomic mass is 16.4. The van der Waals surface area contributed by atoms with Crippen LogP contribution in [0.25, 0.3) is 0 Å². The van der Waals surface area contributed by atoms with Crippen LogP contribution in [0.5, 0.6) is 0 Å². The zero-order valence-electron chi connectivity index (χ0n) is 14.4. The van der Waals surface area contributed by atoms with Crippen molar-refractivity contribution in [1.82, 2.24) is 9.88 Å². The highest BCUT2D eigenvalue weighted by Gasteiger charge is 2.36. The lowest BCUT2D eigenvalue weighted by Gasteiger charge is -2.34. The molecule has 0 saturated heterocycles. The Morgan fingerprint density at radius 2 is 1.80 bits per heavy atom. The van der Waals surface area contributed by atoms with Crippen molar-refractivity contribution in [3.05, 3.63) is 57.9 Å². The lowest BCUT2D eigenvalue weighted by Crippen LogP contribution is -2.48. The molecular weight excluding hydrogens is 320 g/mol. The summed E-state index contributed by atoms with van der Waals surface area (Å²) in [5, 5.41) is 9.59. The van der Waals surface area contributed by atoms with E-state index in [-0.39, 0.29) is 24.4 Å². The summed E-state index contributed by atoms with van der Waals surface area (Å²) in [6.45, 7) is 5.13. The van der Waals surface area contributed by atoms with Crippen molar-refractivity contribution < 1.29 is 19.5 Å². The van der Waals surface area contributed by atoms with Crippen molar-refractivity contribution in [1.29, 1.82) is 0 Å². The number of aryl methyl sites for hydroxylation is 1. The number of rotatable bonds is 3. The van der Waals surface area contributed by atoms with E-state index in [4.69, 9.17) is 0 Å². The molecule has 0 bridgehead atoms. The average molecular weight is 340 g/mol. The van der Waals surface area contributed by atoms with Gasteiger partial charge in [0.15, 0.2) is 5.78 Å². The van der Waals surface area contributed by atoms with Gasteiger partial charge in [0.05, 0.1) is 0 Å². The van der Waals surface area contributed by atoms with E-state index in [1.807, 2.05) is 24.3 Å². The number of nitrogens with one attached hydrogen (secondary N) is 1. The summed E-state index contributed by atoms with van der Waals surface area (Å²) < 4.78 is 0. The fraction of sp³-hybridized carbons (Fsp3) is 0.316. The molecule has 1 unspecified atom stereocenters. The summed E-state index contributed by atoms with van der Waals surface area (Å²) in [6, 6.07) is 6.62. The molecule has 0 radical (unpaired) electrons. The maximum atomic E-state index is 13.1. The number of carbonyl (C=O) groups excluding carboxylic acids is 2. The number of Topliss-reactive ketones (excluding diaryl/α,β-unsaturated/α-hetero) is 1. The van der Waals surface area contributed by atoms with Crippen LogP contribution >= 0.6 is 0 Å². The van der Waals surface area contributed by atoms with Crippen molar-refractivity contribution in [3.63, 3.8) is 0 Å². The van der Waals surface area contributed by atoms with Gasteiger partial charge in [0.1, 0.15) is 11.7 Å². The number of aromatic nitrogens is 1. The first-order chi connectivity index (χ1) is 11.8. The first kappa shape index (κ1) is 17.0. The summed E-state index contributed by atoms with van der Waals surface area (Å²) in [4.78, 5) is 40.9. The van der Waals surface area contributed by atoms with Gasteiger partial charge in [-0.15, -0.1) is 0 Å².